The van der Waals surface area contributed by atoms with Gasteiger partial charge in [0.25, 0.3) is 5.91 Å². The highest BCUT2D eigenvalue weighted by Crippen LogP contribution is 2.44. The molecule has 0 spiro atoms. The largest absolute Gasteiger partial charge is 0.490 e. The van der Waals surface area contributed by atoms with Crippen LogP contribution < -0.4 is 4.74 Å². The van der Waals surface area contributed by atoms with Crippen LogP contribution in [0.5, 0.6) is 5.75 Å². The van der Waals surface area contributed by atoms with Gasteiger partial charge in [0.05, 0.1) is 24.2 Å². The Morgan fingerprint density at radius 3 is 2.69 bits per heavy atom. The van der Waals surface area contributed by atoms with Crippen LogP contribution in [-0.4, -0.2) is 39.8 Å². The Labute approximate surface area is 153 Å². The summed E-state index contributed by atoms with van der Waals surface area (Å²) in [5, 5.41) is 20.2. The van der Waals surface area contributed by atoms with Crippen LogP contribution >= 0.6 is 0 Å². The summed E-state index contributed by atoms with van der Waals surface area (Å²) in [5.41, 5.74) is -0.203. The van der Waals surface area contributed by atoms with Crippen molar-refractivity contribution >= 4 is 5.91 Å². The highest BCUT2D eigenvalue weighted by atomic mass is 16.5. The molecule has 0 fully saturated rings. The molecule has 2 aliphatic heterocycles. The highest BCUT2D eigenvalue weighted by Gasteiger charge is 2.48. The first-order valence-electron chi connectivity index (χ1n) is 8.63. The van der Waals surface area contributed by atoms with Gasteiger partial charge in [-0.1, -0.05) is 0 Å². The zero-order chi connectivity index (χ0) is 19.3. The molecule has 2 heterocycles. The van der Waals surface area contributed by atoms with E-state index in [4.69, 9.17) is 9.47 Å². The molecular formula is C20H24N2O4. The number of rotatable bonds is 2. The van der Waals surface area contributed by atoms with Crippen LogP contribution in [0.3, 0.4) is 0 Å². The van der Waals surface area contributed by atoms with Crippen molar-refractivity contribution in [2.75, 3.05) is 6.54 Å². The van der Waals surface area contributed by atoms with Gasteiger partial charge in [-0.05, 0) is 52.8 Å². The number of hydrogen-bond acceptors (Lipinski definition) is 5. The number of ether oxygens (including phenoxy) is 2. The number of nitrogens with zero attached hydrogens (tertiary/aromatic N) is 2. The fourth-order valence-electron chi connectivity index (χ4n) is 3.38. The Balaban J connectivity index is 1.99. The first-order valence-corrected chi connectivity index (χ1v) is 8.63. The summed E-state index contributed by atoms with van der Waals surface area (Å²) in [6.45, 7) is 9.59. The molecule has 0 saturated carbocycles. The third-order valence-electron chi connectivity index (χ3n) is 4.51. The Morgan fingerprint density at radius 2 is 2.08 bits per heavy atom. The quantitative estimate of drug-likeness (QED) is 0.881. The molecule has 0 saturated heterocycles. The Kier molecular flexibility index (Phi) is 4.24. The van der Waals surface area contributed by atoms with Gasteiger partial charge >= 0.3 is 0 Å². The van der Waals surface area contributed by atoms with E-state index in [0.717, 1.165) is 0 Å². The summed E-state index contributed by atoms with van der Waals surface area (Å²) in [5.74, 6) is 0.915. The molecule has 2 atom stereocenters. The van der Waals surface area contributed by atoms with Crippen LogP contribution in [0.25, 0.3) is 0 Å². The SMILES string of the molecule is CC(C)(C)OC1=CC(=O)N([C@H]2c3cc(C#N)ccc3OC(C)(C)[C@@H]2O)C1. The van der Waals surface area contributed by atoms with Gasteiger partial charge in [-0.3, -0.25) is 4.79 Å². The van der Waals surface area contributed by atoms with Crippen molar-refractivity contribution in [3.63, 3.8) is 0 Å². The highest BCUT2D eigenvalue weighted by molar-refractivity contribution is 5.91. The molecule has 0 radical (unpaired) electrons. The molecule has 6 nitrogen and oxygen atoms in total. The molecule has 0 aliphatic carbocycles. The predicted octanol–water partition coefficient (Wildman–Crippen LogP) is 2.67. The van der Waals surface area contributed by atoms with Crippen LogP contribution in [0.4, 0.5) is 0 Å². The minimum atomic E-state index is -0.949. The first kappa shape index (κ1) is 18.3. The fraction of sp³-hybridized carbons (Fsp3) is 0.500. The maximum Gasteiger partial charge on any atom is 0.251 e. The number of aliphatic hydroxyl groups excluding tert-OH is 1. The van der Waals surface area contributed by atoms with Crippen molar-refractivity contribution < 1.29 is 19.4 Å². The van der Waals surface area contributed by atoms with Gasteiger partial charge in [0.2, 0.25) is 0 Å². The van der Waals surface area contributed by atoms with E-state index in [9.17, 15) is 15.2 Å². The van der Waals surface area contributed by atoms with E-state index in [2.05, 4.69) is 6.07 Å². The van der Waals surface area contributed by atoms with E-state index in [1.165, 1.54) is 6.08 Å². The van der Waals surface area contributed by atoms with Crippen molar-refractivity contribution in [2.45, 2.75) is 58.0 Å². The standard InChI is InChI=1S/C20H24N2O4/c1-19(2,3)25-13-9-16(23)22(11-13)17-14-8-12(10-21)6-7-15(14)26-20(4,5)18(17)24/h6-9,17-18,24H,11H2,1-5H3/t17-,18+/m0/s1. The number of carbonyl (C=O) groups is 1. The maximum absolute atomic E-state index is 12.6. The second kappa shape index (κ2) is 6.03. The molecule has 2 aliphatic rings. The topological polar surface area (TPSA) is 82.8 Å². The van der Waals surface area contributed by atoms with E-state index in [-0.39, 0.29) is 12.5 Å². The van der Waals surface area contributed by atoms with Gasteiger partial charge in [-0.25, -0.2) is 0 Å². The van der Waals surface area contributed by atoms with Crippen LogP contribution in [0, 0.1) is 11.3 Å². The van der Waals surface area contributed by atoms with E-state index >= 15 is 0 Å². The number of carbonyl (C=O) groups excluding carboxylic acids is 1. The monoisotopic (exact) mass is 356 g/mol. The van der Waals surface area contributed by atoms with Crippen molar-refractivity contribution in [1.82, 2.24) is 4.90 Å². The van der Waals surface area contributed by atoms with Gasteiger partial charge in [-0.15, -0.1) is 0 Å². The summed E-state index contributed by atoms with van der Waals surface area (Å²) in [4.78, 5) is 14.2. The average molecular weight is 356 g/mol. The molecular weight excluding hydrogens is 332 g/mol. The summed E-state index contributed by atoms with van der Waals surface area (Å²) in [7, 11) is 0. The summed E-state index contributed by atoms with van der Waals surface area (Å²) in [6.07, 6.45) is 0.518. The molecule has 0 aromatic heterocycles. The van der Waals surface area contributed by atoms with Crippen LogP contribution in [0.2, 0.25) is 0 Å². The smallest absolute Gasteiger partial charge is 0.251 e. The van der Waals surface area contributed by atoms with Crippen LogP contribution in [0.15, 0.2) is 30.0 Å². The number of aliphatic hydroxyl groups is 1. The van der Waals surface area contributed by atoms with Gasteiger partial charge in [0.15, 0.2) is 0 Å². The lowest BCUT2D eigenvalue weighted by Gasteiger charge is -2.45. The number of fused-ring (bicyclic) bond motifs is 1. The molecule has 1 aromatic rings. The van der Waals surface area contributed by atoms with E-state index < -0.39 is 23.3 Å². The van der Waals surface area contributed by atoms with Gasteiger partial charge in [-0.2, -0.15) is 5.26 Å². The molecule has 3 rings (SSSR count). The Bertz CT molecular complexity index is 814. The molecule has 1 aromatic carbocycles. The lowest BCUT2D eigenvalue weighted by molar-refractivity contribution is -0.137. The fourth-order valence-corrected chi connectivity index (χ4v) is 3.38. The van der Waals surface area contributed by atoms with E-state index in [0.29, 0.717) is 22.6 Å². The minimum Gasteiger partial charge on any atom is -0.490 e. The zero-order valence-electron chi connectivity index (χ0n) is 15.7. The summed E-state index contributed by atoms with van der Waals surface area (Å²) in [6, 6.07) is 6.54. The van der Waals surface area contributed by atoms with Gasteiger partial charge in [0, 0.05) is 11.6 Å². The third-order valence-corrected chi connectivity index (χ3v) is 4.51. The summed E-state index contributed by atoms with van der Waals surface area (Å²) < 4.78 is 11.8. The lowest BCUT2D eigenvalue weighted by atomic mass is 9.85. The van der Waals surface area contributed by atoms with Gasteiger partial charge in [0.1, 0.15) is 28.8 Å². The Hall–Kier alpha value is -2.52. The van der Waals surface area contributed by atoms with Crippen molar-refractivity contribution in [1.29, 1.82) is 5.26 Å². The molecule has 1 N–H and O–H groups in total. The minimum absolute atomic E-state index is 0.223. The molecule has 26 heavy (non-hydrogen) atoms. The van der Waals surface area contributed by atoms with E-state index in [1.54, 1.807) is 36.9 Å². The Morgan fingerprint density at radius 1 is 1.38 bits per heavy atom. The molecule has 138 valence electrons. The number of nitriles is 1. The normalized spacial score (nSPS) is 24.4. The van der Waals surface area contributed by atoms with Crippen molar-refractivity contribution in [2.24, 2.45) is 0 Å². The first-order chi connectivity index (χ1) is 12.0. The van der Waals surface area contributed by atoms with Gasteiger partial charge < -0.3 is 19.5 Å². The maximum atomic E-state index is 12.6. The van der Waals surface area contributed by atoms with Crippen molar-refractivity contribution in [3.8, 4) is 11.8 Å². The third kappa shape index (κ3) is 3.27. The van der Waals surface area contributed by atoms with Crippen LogP contribution in [-0.2, 0) is 9.53 Å². The van der Waals surface area contributed by atoms with Crippen LogP contribution in [0.1, 0.15) is 51.8 Å². The molecule has 0 bridgehead atoms. The number of hydrogen-bond donors (Lipinski definition) is 1. The van der Waals surface area contributed by atoms with Crippen molar-refractivity contribution in [3.05, 3.63) is 41.2 Å². The second-order valence-corrected chi connectivity index (χ2v) is 8.25. The summed E-state index contributed by atoms with van der Waals surface area (Å²) >= 11 is 0. The number of benzene rings is 1. The second-order valence-electron chi connectivity index (χ2n) is 8.25. The van der Waals surface area contributed by atoms with E-state index in [1.807, 2.05) is 20.8 Å². The molecule has 0 unspecified atom stereocenters. The average Bonchev–Trinajstić information content (AvgIpc) is 2.86. The number of amides is 1. The zero-order valence-corrected chi connectivity index (χ0v) is 15.7. The predicted molar refractivity (Wildman–Crippen MR) is 95.2 cm³/mol. The lowest BCUT2D eigenvalue weighted by Crippen LogP contribution is -2.54. The molecule has 1 amide bonds. The molecule has 6 heteroatoms.